The first kappa shape index (κ1) is 22.9. The fourth-order valence-corrected chi connectivity index (χ4v) is 2.71. The molecule has 0 saturated carbocycles. The molecule has 0 spiro atoms. The zero-order valence-electron chi connectivity index (χ0n) is 15.0. The van der Waals surface area contributed by atoms with Crippen LogP contribution in [0.1, 0.15) is 27.7 Å². The van der Waals surface area contributed by atoms with Crippen LogP contribution >= 0.6 is 8.25 Å². The second-order valence-corrected chi connectivity index (χ2v) is 6.10. The van der Waals surface area contributed by atoms with Crippen molar-refractivity contribution in [1.82, 2.24) is 0 Å². The van der Waals surface area contributed by atoms with Crippen molar-refractivity contribution in [1.29, 1.82) is 0 Å². The van der Waals surface area contributed by atoms with Crippen LogP contribution in [0.4, 0.5) is 0 Å². The van der Waals surface area contributed by atoms with Gasteiger partial charge in [0.05, 0.1) is 0 Å². The molecule has 1 aliphatic rings. The lowest BCUT2D eigenvalue weighted by atomic mass is 9.98. The third kappa shape index (κ3) is 7.55. The zero-order chi connectivity index (χ0) is 20.7. The normalized spacial score (nSPS) is 27.9. The summed E-state index contributed by atoms with van der Waals surface area (Å²) < 4.78 is 41.2. The molecule has 0 amide bonds. The van der Waals surface area contributed by atoms with Gasteiger partial charge in [0.1, 0.15) is 12.7 Å². The average Bonchev–Trinajstić information content (AvgIpc) is 2.49. The van der Waals surface area contributed by atoms with Gasteiger partial charge in [0, 0.05) is 32.3 Å². The van der Waals surface area contributed by atoms with Gasteiger partial charge < -0.3 is 23.7 Å². The maximum atomic E-state index is 11.5. The largest absolute Gasteiger partial charge is 0.697 e. The van der Waals surface area contributed by atoms with Gasteiger partial charge in [-0.2, -0.15) is 0 Å². The average molecular weight is 411 g/mol. The standard InChI is InChI=1S/C14H19O12P/c1-6(15)21-5-10-11(22-7(2)16)12(23-8(3)17)13(24-9(4)18)14(25-10)26-27(19)20/h10-14H,5H2,1-4H3/p+1/t10-,11+,12+,13-,14-/m1/s1. The van der Waals surface area contributed by atoms with E-state index >= 15 is 0 Å². The van der Waals surface area contributed by atoms with Crippen molar-refractivity contribution in [2.45, 2.75) is 58.4 Å². The number of ether oxygens (including phenoxy) is 5. The molecule has 152 valence electrons. The summed E-state index contributed by atoms with van der Waals surface area (Å²) in [5, 5.41) is 0. The highest BCUT2D eigenvalue weighted by atomic mass is 31.1. The van der Waals surface area contributed by atoms with E-state index < -0.39 is 69.4 Å². The Labute approximate surface area is 154 Å². The van der Waals surface area contributed by atoms with Gasteiger partial charge in [-0.25, -0.2) is 0 Å². The van der Waals surface area contributed by atoms with Gasteiger partial charge >= 0.3 is 32.1 Å². The minimum absolute atomic E-state index is 0.458. The molecule has 1 fully saturated rings. The molecular weight excluding hydrogens is 391 g/mol. The Balaban J connectivity index is 3.29. The van der Waals surface area contributed by atoms with Crippen LogP contribution in [0, 0.1) is 0 Å². The van der Waals surface area contributed by atoms with E-state index in [4.69, 9.17) is 33.1 Å². The highest BCUT2D eigenvalue weighted by Gasteiger charge is 2.55. The van der Waals surface area contributed by atoms with Crippen LogP contribution in [0.5, 0.6) is 0 Å². The minimum atomic E-state index is -3.21. The van der Waals surface area contributed by atoms with Gasteiger partial charge in [0.25, 0.3) is 6.29 Å². The van der Waals surface area contributed by atoms with Gasteiger partial charge in [-0.15, -0.1) is 4.89 Å². The number of esters is 4. The van der Waals surface area contributed by atoms with E-state index in [0.29, 0.717) is 0 Å². The highest BCUT2D eigenvalue weighted by Crippen LogP contribution is 2.33. The Hall–Kier alpha value is -2.14. The molecule has 1 aliphatic heterocycles. The molecule has 1 N–H and O–H groups in total. The minimum Gasteiger partial charge on any atom is -0.463 e. The Kier molecular flexibility index (Phi) is 8.70. The van der Waals surface area contributed by atoms with Crippen molar-refractivity contribution in [2.75, 3.05) is 6.61 Å². The molecule has 13 heteroatoms. The predicted molar refractivity (Wildman–Crippen MR) is 82.9 cm³/mol. The van der Waals surface area contributed by atoms with Crippen molar-refractivity contribution in [2.24, 2.45) is 0 Å². The lowest BCUT2D eigenvalue weighted by Gasteiger charge is -2.42. The molecule has 1 unspecified atom stereocenters. The van der Waals surface area contributed by atoms with E-state index in [1.165, 1.54) is 0 Å². The lowest BCUT2D eigenvalue weighted by Crippen LogP contribution is -2.62. The summed E-state index contributed by atoms with van der Waals surface area (Å²) >= 11 is 0. The molecule has 1 saturated heterocycles. The van der Waals surface area contributed by atoms with Crippen molar-refractivity contribution < 1.29 is 56.8 Å². The summed E-state index contributed by atoms with van der Waals surface area (Å²) in [6, 6.07) is 0. The number of carbonyl (C=O) groups is 4. The number of rotatable bonds is 7. The predicted octanol–water partition coefficient (Wildman–Crippen LogP) is -0.264. The molecule has 0 aromatic carbocycles. The second-order valence-electron chi connectivity index (χ2n) is 5.41. The first-order chi connectivity index (χ1) is 12.5. The zero-order valence-corrected chi connectivity index (χ0v) is 15.9. The number of hydrogen-bond donors (Lipinski definition) is 1. The molecule has 0 aliphatic carbocycles. The van der Waals surface area contributed by atoms with Gasteiger partial charge in [-0.1, -0.05) is 4.52 Å². The van der Waals surface area contributed by atoms with Crippen LogP contribution in [-0.4, -0.2) is 66.1 Å². The molecule has 0 aromatic rings. The summed E-state index contributed by atoms with van der Waals surface area (Å²) in [4.78, 5) is 54.5. The Morgan fingerprint density at radius 2 is 1.33 bits per heavy atom. The lowest BCUT2D eigenvalue weighted by molar-refractivity contribution is -0.288. The summed E-state index contributed by atoms with van der Waals surface area (Å²) in [6.45, 7) is 3.82. The first-order valence-corrected chi connectivity index (χ1v) is 8.77. The topological polar surface area (TPSA) is 161 Å². The third-order valence-electron chi connectivity index (χ3n) is 3.14. The Morgan fingerprint density at radius 3 is 1.78 bits per heavy atom. The van der Waals surface area contributed by atoms with E-state index in [1.54, 1.807) is 0 Å². The smallest absolute Gasteiger partial charge is 0.463 e. The number of carbonyl (C=O) groups excluding carboxylic acids is 4. The molecule has 0 aromatic heterocycles. The SMILES string of the molecule is CC(=O)OC[C@H]1O[C@H](O[P+](=O)O)[C@H](OC(C)=O)[C@@H](OC(C)=O)[C@H]1OC(C)=O. The van der Waals surface area contributed by atoms with Crippen molar-refractivity contribution in [3.05, 3.63) is 0 Å². The summed E-state index contributed by atoms with van der Waals surface area (Å²) in [5.41, 5.74) is 0. The molecule has 0 bridgehead atoms. The molecule has 0 radical (unpaired) electrons. The van der Waals surface area contributed by atoms with Crippen LogP contribution in [0.2, 0.25) is 0 Å². The summed E-state index contributed by atoms with van der Waals surface area (Å²) in [6.07, 6.45) is -7.25. The summed E-state index contributed by atoms with van der Waals surface area (Å²) in [7, 11) is -3.21. The molecule has 27 heavy (non-hydrogen) atoms. The summed E-state index contributed by atoms with van der Waals surface area (Å²) in [5.74, 6) is -3.14. The maximum absolute atomic E-state index is 11.5. The van der Waals surface area contributed by atoms with Crippen LogP contribution in [0.3, 0.4) is 0 Å². The fraction of sp³-hybridized carbons (Fsp3) is 0.714. The molecule has 12 nitrogen and oxygen atoms in total. The molecular formula is C14H20O12P+. The second kappa shape index (κ2) is 10.3. The first-order valence-electron chi connectivity index (χ1n) is 7.64. The van der Waals surface area contributed by atoms with Gasteiger partial charge in [-0.3, -0.25) is 19.2 Å². The quantitative estimate of drug-likeness (QED) is 0.332. The van der Waals surface area contributed by atoms with E-state index in [-0.39, 0.29) is 0 Å². The van der Waals surface area contributed by atoms with Crippen molar-refractivity contribution >= 4 is 32.1 Å². The van der Waals surface area contributed by atoms with E-state index in [1.807, 2.05) is 0 Å². The van der Waals surface area contributed by atoms with E-state index in [2.05, 4.69) is 0 Å². The van der Waals surface area contributed by atoms with Crippen molar-refractivity contribution in [3.8, 4) is 0 Å². The molecule has 1 heterocycles. The van der Waals surface area contributed by atoms with E-state index in [0.717, 1.165) is 27.7 Å². The maximum Gasteiger partial charge on any atom is 0.697 e. The van der Waals surface area contributed by atoms with Gasteiger partial charge in [-0.05, 0) is 0 Å². The molecule has 6 atom stereocenters. The monoisotopic (exact) mass is 411 g/mol. The Bertz CT molecular complexity index is 605. The van der Waals surface area contributed by atoms with Crippen molar-refractivity contribution in [3.63, 3.8) is 0 Å². The molecule has 1 rings (SSSR count). The third-order valence-corrected chi connectivity index (χ3v) is 3.53. The van der Waals surface area contributed by atoms with Crippen LogP contribution in [-0.2, 0) is 52.0 Å². The highest BCUT2D eigenvalue weighted by molar-refractivity contribution is 7.32. The number of hydrogen-bond acceptors (Lipinski definition) is 11. The van der Waals surface area contributed by atoms with Crippen LogP contribution in [0.15, 0.2) is 0 Å². The Morgan fingerprint density at radius 1 is 0.852 bits per heavy atom. The van der Waals surface area contributed by atoms with Gasteiger partial charge in [0.2, 0.25) is 0 Å². The van der Waals surface area contributed by atoms with Crippen LogP contribution < -0.4 is 0 Å². The fourth-order valence-electron chi connectivity index (χ4n) is 2.36. The van der Waals surface area contributed by atoms with Gasteiger partial charge in [0.15, 0.2) is 18.3 Å². The van der Waals surface area contributed by atoms with E-state index in [9.17, 15) is 23.7 Å². The van der Waals surface area contributed by atoms with Crippen LogP contribution in [0.25, 0.3) is 0 Å².